The summed E-state index contributed by atoms with van der Waals surface area (Å²) < 4.78 is 29.7. The molecule has 0 fully saturated rings. The second kappa shape index (κ2) is 5.43. The van der Waals surface area contributed by atoms with Crippen LogP contribution in [-0.4, -0.2) is 18.9 Å². The van der Waals surface area contributed by atoms with Crippen LogP contribution in [0.3, 0.4) is 0 Å². The maximum Gasteiger partial charge on any atom is 0.167 e. The minimum atomic E-state index is -0.309. The SMILES string of the molecule is COc1cc(-c2cc(-c3cccc(F)c3)on2)cc2c1OCC2. The monoisotopic (exact) mass is 311 g/mol. The Hall–Kier alpha value is -2.82. The molecule has 0 atom stereocenters. The average Bonchev–Trinajstić information content (AvgIpc) is 3.23. The molecular formula is C18H14FNO3. The van der Waals surface area contributed by atoms with Crippen molar-refractivity contribution in [3.8, 4) is 34.1 Å². The Morgan fingerprint density at radius 3 is 2.87 bits per heavy atom. The van der Waals surface area contributed by atoms with Gasteiger partial charge in [0.1, 0.15) is 11.5 Å². The Kier molecular flexibility index (Phi) is 3.26. The van der Waals surface area contributed by atoms with E-state index in [-0.39, 0.29) is 5.82 Å². The molecule has 1 aromatic heterocycles. The molecule has 0 unspecified atom stereocenters. The third kappa shape index (κ3) is 2.44. The van der Waals surface area contributed by atoms with Gasteiger partial charge >= 0.3 is 0 Å². The molecule has 0 radical (unpaired) electrons. The lowest BCUT2D eigenvalue weighted by Gasteiger charge is -2.08. The van der Waals surface area contributed by atoms with Crippen LogP contribution in [0.25, 0.3) is 22.6 Å². The Labute approximate surface area is 132 Å². The number of fused-ring (bicyclic) bond motifs is 1. The summed E-state index contributed by atoms with van der Waals surface area (Å²) in [5.41, 5.74) is 3.31. The summed E-state index contributed by atoms with van der Waals surface area (Å²) in [6.07, 6.45) is 0.841. The number of rotatable bonds is 3. The van der Waals surface area contributed by atoms with E-state index in [1.807, 2.05) is 12.1 Å². The molecule has 0 bridgehead atoms. The van der Waals surface area contributed by atoms with E-state index in [0.29, 0.717) is 29.4 Å². The van der Waals surface area contributed by atoms with Crippen molar-refractivity contribution in [3.63, 3.8) is 0 Å². The zero-order valence-electron chi connectivity index (χ0n) is 12.5. The maximum atomic E-state index is 13.3. The lowest BCUT2D eigenvalue weighted by molar-refractivity contribution is 0.326. The lowest BCUT2D eigenvalue weighted by Crippen LogP contribution is -1.91. The van der Waals surface area contributed by atoms with E-state index in [1.165, 1.54) is 12.1 Å². The molecule has 1 aliphatic heterocycles. The highest BCUT2D eigenvalue weighted by Gasteiger charge is 2.20. The molecule has 0 saturated carbocycles. The normalized spacial score (nSPS) is 12.8. The topological polar surface area (TPSA) is 44.5 Å². The fraction of sp³-hybridized carbons (Fsp3) is 0.167. The summed E-state index contributed by atoms with van der Waals surface area (Å²) in [7, 11) is 1.61. The van der Waals surface area contributed by atoms with Crippen LogP contribution in [0.5, 0.6) is 11.5 Å². The third-order valence-corrected chi connectivity index (χ3v) is 3.88. The quantitative estimate of drug-likeness (QED) is 0.731. The molecule has 116 valence electrons. The van der Waals surface area contributed by atoms with Crippen LogP contribution in [0.2, 0.25) is 0 Å². The number of hydrogen-bond donors (Lipinski definition) is 0. The number of nitrogens with zero attached hydrogens (tertiary/aromatic N) is 1. The molecule has 4 nitrogen and oxygen atoms in total. The van der Waals surface area contributed by atoms with E-state index in [0.717, 1.165) is 23.3 Å². The molecule has 2 aromatic carbocycles. The first-order valence-electron chi connectivity index (χ1n) is 7.31. The number of halogens is 1. The van der Waals surface area contributed by atoms with Gasteiger partial charge in [-0.15, -0.1) is 0 Å². The van der Waals surface area contributed by atoms with Crippen molar-refractivity contribution >= 4 is 0 Å². The smallest absolute Gasteiger partial charge is 0.167 e. The average molecular weight is 311 g/mol. The Morgan fingerprint density at radius 1 is 1.13 bits per heavy atom. The first kappa shape index (κ1) is 13.8. The summed E-state index contributed by atoms with van der Waals surface area (Å²) in [6, 6.07) is 11.9. The molecule has 0 saturated heterocycles. The molecule has 0 aliphatic carbocycles. The van der Waals surface area contributed by atoms with Crippen molar-refractivity contribution in [3.05, 3.63) is 53.8 Å². The van der Waals surface area contributed by atoms with Gasteiger partial charge in [-0.2, -0.15) is 0 Å². The van der Waals surface area contributed by atoms with Crippen molar-refractivity contribution in [2.24, 2.45) is 0 Å². The standard InChI is InChI=1S/C18H14FNO3/c1-21-17-9-13(7-12-5-6-22-18(12)17)15-10-16(23-20-15)11-3-2-4-14(19)8-11/h2-4,7-10H,5-6H2,1H3. The molecule has 1 aliphatic rings. The highest BCUT2D eigenvalue weighted by Crippen LogP contribution is 2.40. The summed E-state index contributed by atoms with van der Waals surface area (Å²) in [5, 5.41) is 4.10. The minimum Gasteiger partial charge on any atom is -0.493 e. The van der Waals surface area contributed by atoms with Crippen LogP contribution in [-0.2, 0) is 6.42 Å². The second-order valence-electron chi connectivity index (χ2n) is 5.35. The number of benzene rings is 2. The Morgan fingerprint density at radius 2 is 2.04 bits per heavy atom. The van der Waals surface area contributed by atoms with Gasteiger partial charge in [0.15, 0.2) is 17.3 Å². The molecule has 0 amide bonds. The largest absolute Gasteiger partial charge is 0.493 e. The lowest BCUT2D eigenvalue weighted by atomic mass is 10.0. The van der Waals surface area contributed by atoms with E-state index in [9.17, 15) is 4.39 Å². The summed E-state index contributed by atoms with van der Waals surface area (Å²) in [6.45, 7) is 0.655. The van der Waals surface area contributed by atoms with Gasteiger partial charge in [-0.3, -0.25) is 0 Å². The number of ether oxygens (including phenoxy) is 2. The van der Waals surface area contributed by atoms with Gasteiger partial charge in [-0.05, 0) is 24.3 Å². The first-order valence-corrected chi connectivity index (χ1v) is 7.31. The highest BCUT2D eigenvalue weighted by molar-refractivity contribution is 5.70. The summed E-state index contributed by atoms with van der Waals surface area (Å²) in [4.78, 5) is 0. The predicted molar refractivity (Wildman–Crippen MR) is 83.1 cm³/mol. The van der Waals surface area contributed by atoms with E-state index < -0.39 is 0 Å². The van der Waals surface area contributed by atoms with Crippen molar-refractivity contribution < 1.29 is 18.4 Å². The van der Waals surface area contributed by atoms with Crippen LogP contribution in [0.15, 0.2) is 47.0 Å². The van der Waals surface area contributed by atoms with Gasteiger partial charge in [0.25, 0.3) is 0 Å². The minimum absolute atomic E-state index is 0.309. The van der Waals surface area contributed by atoms with Gasteiger partial charge in [0.05, 0.1) is 13.7 Å². The van der Waals surface area contributed by atoms with Crippen LogP contribution >= 0.6 is 0 Å². The molecule has 4 rings (SSSR count). The fourth-order valence-corrected chi connectivity index (χ4v) is 2.76. The van der Waals surface area contributed by atoms with Crippen LogP contribution in [0.4, 0.5) is 4.39 Å². The fourth-order valence-electron chi connectivity index (χ4n) is 2.76. The van der Waals surface area contributed by atoms with Crippen molar-refractivity contribution in [1.82, 2.24) is 5.16 Å². The van der Waals surface area contributed by atoms with Crippen molar-refractivity contribution in [1.29, 1.82) is 0 Å². The highest BCUT2D eigenvalue weighted by atomic mass is 19.1. The van der Waals surface area contributed by atoms with E-state index >= 15 is 0 Å². The summed E-state index contributed by atoms with van der Waals surface area (Å²) >= 11 is 0. The van der Waals surface area contributed by atoms with Gasteiger partial charge in [0.2, 0.25) is 0 Å². The van der Waals surface area contributed by atoms with Crippen LogP contribution < -0.4 is 9.47 Å². The van der Waals surface area contributed by atoms with Gasteiger partial charge in [-0.25, -0.2) is 4.39 Å². The molecule has 0 spiro atoms. The van der Waals surface area contributed by atoms with E-state index in [2.05, 4.69) is 5.16 Å². The predicted octanol–water partition coefficient (Wildman–Crippen LogP) is 4.09. The van der Waals surface area contributed by atoms with Gasteiger partial charge in [0, 0.05) is 29.2 Å². The Bertz CT molecular complexity index is 872. The second-order valence-corrected chi connectivity index (χ2v) is 5.35. The number of methoxy groups -OCH3 is 1. The van der Waals surface area contributed by atoms with Crippen molar-refractivity contribution in [2.75, 3.05) is 13.7 Å². The molecule has 23 heavy (non-hydrogen) atoms. The van der Waals surface area contributed by atoms with E-state index in [4.69, 9.17) is 14.0 Å². The van der Waals surface area contributed by atoms with Gasteiger partial charge in [-0.1, -0.05) is 17.3 Å². The first-order chi connectivity index (χ1) is 11.2. The van der Waals surface area contributed by atoms with Gasteiger partial charge < -0.3 is 14.0 Å². The number of hydrogen-bond acceptors (Lipinski definition) is 4. The zero-order chi connectivity index (χ0) is 15.8. The van der Waals surface area contributed by atoms with Crippen LogP contribution in [0.1, 0.15) is 5.56 Å². The Balaban J connectivity index is 1.75. The zero-order valence-corrected chi connectivity index (χ0v) is 12.5. The van der Waals surface area contributed by atoms with Crippen LogP contribution in [0, 0.1) is 5.82 Å². The molecule has 5 heteroatoms. The molecule has 2 heterocycles. The summed E-state index contributed by atoms with van der Waals surface area (Å²) in [5.74, 6) is 1.70. The molecular weight excluding hydrogens is 297 g/mol. The van der Waals surface area contributed by atoms with Crippen molar-refractivity contribution in [2.45, 2.75) is 6.42 Å². The van der Waals surface area contributed by atoms with E-state index in [1.54, 1.807) is 25.3 Å². The third-order valence-electron chi connectivity index (χ3n) is 3.88. The molecule has 3 aromatic rings. The maximum absolute atomic E-state index is 13.3. The number of aromatic nitrogens is 1. The molecule has 0 N–H and O–H groups in total.